The number of imidazole rings is 1. The van der Waals surface area contributed by atoms with E-state index >= 15 is 0 Å². The molecule has 2 aromatic carbocycles. The smallest absolute Gasteiger partial charge is 0.244 e. The fourth-order valence-corrected chi connectivity index (χ4v) is 12.3. The standard InChI is InChI=1S/C42H53N2O3/c1-27-13-18-42(46-25-27)28(2)39-38(47-42)23-36-34-12-11-32-22-33(14-16-40(32,3)35(34)15-17-41(36,39)4)44-20-19-43(26-44)24-37(45)31-10-9-29-7-5-6-8-30(29)21-31/h5-11,19-21,26-28,33-36,38-39H,12-18,22-25H2,1-4H3/q+1/t27-,28+,33+,34-,35+,36+,38+,39+,40+,41+,42-/m1/s1. The maximum absolute atomic E-state index is 13.2. The van der Waals surface area contributed by atoms with Gasteiger partial charge in [-0.1, -0.05) is 75.7 Å². The van der Waals surface area contributed by atoms with E-state index in [4.69, 9.17) is 9.47 Å². The molecular formula is C42H53N2O3+. The Kier molecular flexibility index (Phi) is 7.01. The van der Waals surface area contributed by atoms with Crippen molar-refractivity contribution < 1.29 is 18.8 Å². The van der Waals surface area contributed by atoms with E-state index in [1.807, 2.05) is 24.3 Å². The molecule has 0 amide bonds. The first-order valence-corrected chi connectivity index (χ1v) is 18.8. The summed E-state index contributed by atoms with van der Waals surface area (Å²) in [6.07, 6.45) is 20.6. The maximum Gasteiger partial charge on any atom is 0.244 e. The molecular weight excluding hydrogens is 580 g/mol. The molecule has 0 unspecified atom stereocenters. The average molecular weight is 634 g/mol. The van der Waals surface area contributed by atoms with E-state index in [9.17, 15) is 4.79 Å². The summed E-state index contributed by atoms with van der Waals surface area (Å²) in [5.74, 6) is 3.92. The lowest BCUT2D eigenvalue weighted by Gasteiger charge is -2.58. The van der Waals surface area contributed by atoms with E-state index in [0.717, 1.165) is 48.2 Å². The summed E-state index contributed by atoms with van der Waals surface area (Å²) in [7, 11) is 0. The van der Waals surface area contributed by atoms with E-state index < -0.39 is 0 Å². The number of nitrogens with zero attached hydrogens (tertiary/aromatic N) is 2. The van der Waals surface area contributed by atoms with Crippen LogP contribution < -0.4 is 4.57 Å². The van der Waals surface area contributed by atoms with Crippen molar-refractivity contribution in [1.82, 2.24) is 4.57 Å². The fourth-order valence-electron chi connectivity index (χ4n) is 12.3. The van der Waals surface area contributed by atoms with Crippen LogP contribution in [0.3, 0.4) is 0 Å². The lowest BCUT2D eigenvalue weighted by molar-refractivity contribution is -0.682. The number of ketones is 1. The molecule has 3 heterocycles. The maximum atomic E-state index is 13.2. The number of carbonyl (C=O) groups is 1. The Hall–Kier alpha value is -2.76. The molecule has 1 aromatic heterocycles. The van der Waals surface area contributed by atoms with Gasteiger partial charge in [0.15, 0.2) is 12.3 Å². The Balaban J connectivity index is 0.888. The monoisotopic (exact) mass is 633 g/mol. The normalized spacial score (nSPS) is 42.4. The molecule has 5 nitrogen and oxygen atoms in total. The van der Waals surface area contributed by atoms with Crippen LogP contribution >= 0.6 is 0 Å². The molecule has 0 N–H and O–H groups in total. The second-order valence-corrected chi connectivity index (χ2v) is 17.2. The van der Waals surface area contributed by atoms with Crippen LogP contribution in [0.4, 0.5) is 0 Å². The number of fused-ring (bicyclic) bond motifs is 8. The summed E-state index contributed by atoms with van der Waals surface area (Å²) in [4.78, 5) is 13.2. The van der Waals surface area contributed by atoms with Crippen molar-refractivity contribution in [3.05, 3.63) is 78.4 Å². The third-order valence-corrected chi connectivity index (χ3v) is 14.9. The molecule has 4 aliphatic carbocycles. The number of aromatic nitrogens is 2. The van der Waals surface area contributed by atoms with Crippen molar-refractivity contribution in [2.24, 2.45) is 46.3 Å². The van der Waals surface area contributed by atoms with Crippen LogP contribution in [0.1, 0.15) is 102 Å². The second kappa shape index (κ2) is 10.9. The van der Waals surface area contributed by atoms with Gasteiger partial charge in [-0.3, -0.25) is 4.79 Å². The summed E-state index contributed by atoms with van der Waals surface area (Å²) < 4.78 is 18.0. The molecule has 5 heteroatoms. The highest BCUT2D eigenvalue weighted by molar-refractivity contribution is 5.99. The Labute approximate surface area is 280 Å². The van der Waals surface area contributed by atoms with Gasteiger partial charge in [0.2, 0.25) is 12.1 Å². The predicted octanol–water partition coefficient (Wildman–Crippen LogP) is 8.72. The van der Waals surface area contributed by atoms with E-state index in [0.29, 0.717) is 47.3 Å². The molecule has 6 aliphatic rings. The fraction of sp³-hybridized carbons (Fsp3) is 0.619. The van der Waals surface area contributed by atoms with Crippen molar-refractivity contribution in [1.29, 1.82) is 0 Å². The highest BCUT2D eigenvalue weighted by Crippen LogP contribution is 2.71. The Morgan fingerprint density at radius 2 is 1.85 bits per heavy atom. The van der Waals surface area contributed by atoms with Gasteiger partial charge in [0.1, 0.15) is 18.4 Å². The van der Waals surface area contributed by atoms with Crippen molar-refractivity contribution >= 4 is 16.6 Å². The van der Waals surface area contributed by atoms with E-state index in [1.54, 1.807) is 5.57 Å². The quantitative estimate of drug-likeness (QED) is 0.164. The van der Waals surface area contributed by atoms with Gasteiger partial charge in [-0.2, -0.15) is 0 Å². The van der Waals surface area contributed by atoms with Crippen molar-refractivity contribution in [2.45, 2.75) is 110 Å². The summed E-state index contributed by atoms with van der Waals surface area (Å²) >= 11 is 0. The van der Waals surface area contributed by atoms with Gasteiger partial charge < -0.3 is 9.47 Å². The van der Waals surface area contributed by atoms with Gasteiger partial charge in [0.05, 0.1) is 12.7 Å². The highest BCUT2D eigenvalue weighted by Gasteiger charge is 2.68. The molecule has 248 valence electrons. The zero-order valence-corrected chi connectivity index (χ0v) is 28.9. The first-order chi connectivity index (χ1) is 22.7. The minimum atomic E-state index is -0.322. The molecule has 2 aliphatic heterocycles. The zero-order valence-electron chi connectivity index (χ0n) is 28.9. The van der Waals surface area contributed by atoms with Crippen molar-refractivity contribution in [3.8, 4) is 0 Å². The first kappa shape index (κ1) is 30.3. The summed E-state index contributed by atoms with van der Waals surface area (Å²) in [6.45, 7) is 11.3. The van der Waals surface area contributed by atoms with Crippen LogP contribution in [-0.2, 0) is 16.0 Å². The molecule has 0 radical (unpaired) electrons. The number of hydrogen-bond donors (Lipinski definition) is 0. The zero-order chi connectivity index (χ0) is 32.1. The molecule has 2 saturated heterocycles. The van der Waals surface area contributed by atoms with Crippen LogP contribution in [0.2, 0.25) is 0 Å². The topological polar surface area (TPSA) is 44.3 Å². The molecule has 47 heavy (non-hydrogen) atoms. The van der Waals surface area contributed by atoms with Crippen LogP contribution in [-0.4, -0.2) is 28.8 Å². The molecule has 9 rings (SSSR count). The first-order valence-electron chi connectivity index (χ1n) is 18.8. The van der Waals surface area contributed by atoms with Gasteiger partial charge in [0, 0.05) is 24.3 Å². The molecule has 5 fully saturated rings. The second-order valence-electron chi connectivity index (χ2n) is 17.2. The van der Waals surface area contributed by atoms with Crippen LogP contribution in [0.25, 0.3) is 10.8 Å². The predicted molar refractivity (Wildman–Crippen MR) is 184 cm³/mol. The lowest BCUT2D eigenvalue weighted by atomic mass is 9.46. The van der Waals surface area contributed by atoms with Gasteiger partial charge in [-0.25, -0.2) is 9.13 Å². The van der Waals surface area contributed by atoms with Gasteiger partial charge in [-0.05, 0) is 102 Å². The lowest BCUT2D eigenvalue weighted by Crippen LogP contribution is -2.52. The van der Waals surface area contributed by atoms with Gasteiger partial charge >= 0.3 is 0 Å². The number of allylic oxidation sites excluding steroid dienone is 2. The third kappa shape index (κ3) is 4.61. The summed E-state index contributed by atoms with van der Waals surface area (Å²) in [5, 5.41) is 2.29. The van der Waals surface area contributed by atoms with Crippen LogP contribution in [0.5, 0.6) is 0 Å². The van der Waals surface area contributed by atoms with Crippen molar-refractivity contribution in [3.63, 3.8) is 0 Å². The van der Waals surface area contributed by atoms with E-state index in [2.05, 4.69) is 79.8 Å². The largest absolute Gasteiger partial charge is 0.349 e. The Bertz CT molecular complexity index is 1730. The minimum absolute atomic E-state index is 0.159. The molecule has 3 aromatic rings. The number of hydrogen-bond acceptors (Lipinski definition) is 3. The van der Waals surface area contributed by atoms with Gasteiger partial charge in [0.25, 0.3) is 0 Å². The van der Waals surface area contributed by atoms with E-state index in [1.165, 1.54) is 50.3 Å². The third-order valence-electron chi connectivity index (χ3n) is 14.9. The molecule has 0 bridgehead atoms. The Morgan fingerprint density at radius 3 is 2.68 bits per heavy atom. The SMILES string of the molecule is C[C@@H]1CC[C@@]2(OC1)O[C@H]1C[C@H]3[C@@H]4CC=C5C[C@@H](n6cc[n+](CC(=O)c7ccc8ccccc8c7)c6)CC[C@]5(C)[C@H]4CC[C@]3(C)[C@H]1[C@@H]2C. The number of Topliss-reactive ketones (excluding diaryl/α,β-unsaturated/α-hetero) is 1. The average Bonchev–Trinajstić information content (AvgIpc) is 3.74. The number of benzene rings is 2. The summed E-state index contributed by atoms with van der Waals surface area (Å²) in [5.41, 5.74) is 3.16. The molecule has 3 saturated carbocycles. The van der Waals surface area contributed by atoms with Crippen molar-refractivity contribution in [2.75, 3.05) is 6.61 Å². The number of ether oxygens (including phenoxy) is 2. The van der Waals surface area contributed by atoms with E-state index in [-0.39, 0.29) is 11.6 Å². The highest BCUT2D eigenvalue weighted by atomic mass is 16.7. The number of rotatable bonds is 4. The number of carbonyl (C=O) groups excluding carboxylic acids is 1. The van der Waals surface area contributed by atoms with Crippen LogP contribution in [0, 0.1) is 46.3 Å². The van der Waals surface area contributed by atoms with Gasteiger partial charge in [-0.15, -0.1) is 0 Å². The molecule has 1 spiro atoms. The Morgan fingerprint density at radius 1 is 1.00 bits per heavy atom. The molecule has 11 atom stereocenters. The minimum Gasteiger partial charge on any atom is -0.349 e. The summed E-state index contributed by atoms with van der Waals surface area (Å²) in [6, 6.07) is 14.8. The van der Waals surface area contributed by atoms with Crippen LogP contribution in [0.15, 0.2) is 72.8 Å².